The summed E-state index contributed by atoms with van der Waals surface area (Å²) in [4.78, 5) is 11.7. The molecule has 0 radical (unpaired) electrons. The zero-order valence-corrected chi connectivity index (χ0v) is 12.1. The summed E-state index contributed by atoms with van der Waals surface area (Å²) < 4.78 is 14.5. The van der Waals surface area contributed by atoms with Crippen molar-refractivity contribution in [2.45, 2.75) is 57.5 Å². The molecule has 0 aliphatic heterocycles. The van der Waals surface area contributed by atoms with Crippen molar-refractivity contribution < 1.29 is 9.18 Å². The SMILES string of the molecule is CCCCCCC(=O)CCC(F)(C#N)c1ccccc1. The summed E-state index contributed by atoms with van der Waals surface area (Å²) in [5.41, 5.74) is -1.72. The molecule has 2 nitrogen and oxygen atoms in total. The van der Waals surface area contributed by atoms with Crippen molar-refractivity contribution in [1.82, 2.24) is 0 Å². The number of alkyl halides is 1. The van der Waals surface area contributed by atoms with Gasteiger partial charge in [0.1, 0.15) is 11.9 Å². The Morgan fingerprint density at radius 3 is 2.50 bits per heavy atom. The van der Waals surface area contributed by atoms with Crippen LogP contribution < -0.4 is 0 Å². The van der Waals surface area contributed by atoms with E-state index < -0.39 is 5.67 Å². The first-order valence-electron chi connectivity index (χ1n) is 7.30. The second kappa shape index (κ2) is 8.47. The molecule has 0 amide bonds. The topological polar surface area (TPSA) is 40.9 Å². The molecule has 0 heterocycles. The van der Waals surface area contributed by atoms with Crippen LogP contribution in [0, 0.1) is 11.3 Å². The van der Waals surface area contributed by atoms with E-state index in [-0.39, 0.29) is 18.6 Å². The molecule has 1 unspecified atom stereocenters. The first-order chi connectivity index (χ1) is 9.62. The van der Waals surface area contributed by atoms with Gasteiger partial charge in [-0.3, -0.25) is 4.79 Å². The Balaban J connectivity index is 2.46. The Bertz CT molecular complexity index is 452. The van der Waals surface area contributed by atoms with Crippen molar-refractivity contribution in [2.75, 3.05) is 0 Å². The molecule has 3 heteroatoms. The minimum atomic E-state index is -2.06. The van der Waals surface area contributed by atoms with E-state index in [2.05, 4.69) is 6.92 Å². The minimum absolute atomic E-state index is 0.0503. The van der Waals surface area contributed by atoms with Crippen molar-refractivity contribution in [3.63, 3.8) is 0 Å². The standard InChI is InChI=1S/C17H22FNO/c1-2-3-4-8-11-16(20)12-13-17(18,14-19)15-9-6-5-7-10-15/h5-7,9-10H,2-4,8,11-13H2,1H3. The Morgan fingerprint density at radius 2 is 1.90 bits per heavy atom. The summed E-state index contributed by atoms with van der Waals surface area (Å²) in [5, 5.41) is 9.06. The summed E-state index contributed by atoms with van der Waals surface area (Å²) in [6.07, 6.45) is 4.73. The van der Waals surface area contributed by atoms with Crippen molar-refractivity contribution in [3.05, 3.63) is 35.9 Å². The van der Waals surface area contributed by atoms with E-state index in [0.29, 0.717) is 12.0 Å². The third kappa shape index (κ3) is 5.13. The molecular weight excluding hydrogens is 253 g/mol. The lowest BCUT2D eigenvalue weighted by Gasteiger charge is -2.17. The van der Waals surface area contributed by atoms with Gasteiger partial charge in [0.2, 0.25) is 5.67 Å². The van der Waals surface area contributed by atoms with Gasteiger partial charge in [0.05, 0.1) is 0 Å². The highest BCUT2D eigenvalue weighted by molar-refractivity contribution is 5.78. The number of rotatable bonds is 9. The molecule has 1 aromatic carbocycles. The normalized spacial score (nSPS) is 13.4. The molecule has 1 rings (SSSR count). The van der Waals surface area contributed by atoms with Crippen molar-refractivity contribution in [2.24, 2.45) is 0 Å². The van der Waals surface area contributed by atoms with Crippen LogP contribution in [-0.4, -0.2) is 5.78 Å². The number of nitrogens with zero attached hydrogens (tertiary/aromatic N) is 1. The first-order valence-corrected chi connectivity index (χ1v) is 7.30. The summed E-state index contributed by atoms with van der Waals surface area (Å²) in [6, 6.07) is 10.1. The summed E-state index contributed by atoms with van der Waals surface area (Å²) in [7, 11) is 0. The molecule has 0 aliphatic carbocycles. The van der Waals surface area contributed by atoms with Crippen LogP contribution in [0.1, 0.15) is 57.4 Å². The number of ketones is 1. The summed E-state index contributed by atoms with van der Waals surface area (Å²) in [5.74, 6) is 0.0503. The highest BCUT2D eigenvalue weighted by atomic mass is 19.1. The lowest BCUT2D eigenvalue weighted by molar-refractivity contribution is -0.119. The molecule has 0 saturated heterocycles. The van der Waals surface area contributed by atoms with Crippen molar-refractivity contribution in [3.8, 4) is 6.07 Å². The Morgan fingerprint density at radius 1 is 1.20 bits per heavy atom. The number of hydrogen-bond donors (Lipinski definition) is 0. The van der Waals surface area contributed by atoms with Gasteiger partial charge < -0.3 is 0 Å². The van der Waals surface area contributed by atoms with Crippen LogP contribution in [0.2, 0.25) is 0 Å². The molecule has 0 aromatic heterocycles. The predicted octanol–water partition coefficient (Wildman–Crippen LogP) is 4.69. The fourth-order valence-corrected chi connectivity index (χ4v) is 2.15. The number of halogens is 1. The van der Waals surface area contributed by atoms with Crippen LogP contribution in [0.3, 0.4) is 0 Å². The van der Waals surface area contributed by atoms with Gasteiger partial charge in [-0.25, -0.2) is 4.39 Å². The van der Waals surface area contributed by atoms with Gasteiger partial charge in [-0.1, -0.05) is 56.5 Å². The molecule has 20 heavy (non-hydrogen) atoms. The Kier molecular flexibility index (Phi) is 6.93. The van der Waals surface area contributed by atoms with E-state index >= 15 is 0 Å². The van der Waals surface area contributed by atoms with Crippen LogP contribution in [0.25, 0.3) is 0 Å². The molecule has 1 aromatic rings. The molecule has 0 bridgehead atoms. The molecule has 0 spiro atoms. The second-order valence-electron chi connectivity index (χ2n) is 5.13. The monoisotopic (exact) mass is 275 g/mol. The molecule has 0 aliphatic rings. The van der Waals surface area contributed by atoms with Crippen LogP contribution >= 0.6 is 0 Å². The average molecular weight is 275 g/mol. The summed E-state index contributed by atoms with van der Waals surface area (Å²) >= 11 is 0. The summed E-state index contributed by atoms with van der Waals surface area (Å²) in [6.45, 7) is 2.12. The molecule has 1 atom stereocenters. The van der Waals surface area contributed by atoms with Gasteiger partial charge in [0.25, 0.3) is 0 Å². The number of carbonyl (C=O) groups excluding carboxylic acids is 1. The molecule has 0 fully saturated rings. The van der Waals surface area contributed by atoms with Crippen LogP contribution in [0.15, 0.2) is 30.3 Å². The van der Waals surface area contributed by atoms with E-state index in [1.165, 1.54) is 0 Å². The van der Waals surface area contributed by atoms with Crippen LogP contribution in [-0.2, 0) is 10.5 Å². The van der Waals surface area contributed by atoms with E-state index in [4.69, 9.17) is 5.26 Å². The number of nitriles is 1. The van der Waals surface area contributed by atoms with Gasteiger partial charge in [0, 0.05) is 24.8 Å². The molecule has 0 N–H and O–H groups in total. The smallest absolute Gasteiger partial charge is 0.221 e. The minimum Gasteiger partial charge on any atom is -0.300 e. The van der Waals surface area contributed by atoms with E-state index in [1.807, 2.05) is 0 Å². The number of hydrogen-bond acceptors (Lipinski definition) is 2. The molecular formula is C17H22FNO. The fourth-order valence-electron chi connectivity index (χ4n) is 2.15. The van der Waals surface area contributed by atoms with E-state index in [0.717, 1.165) is 25.7 Å². The Labute approximate surface area is 120 Å². The maximum absolute atomic E-state index is 14.5. The number of unbranched alkanes of at least 4 members (excludes halogenated alkanes) is 3. The predicted molar refractivity (Wildman–Crippen MR) is 77.8 cm³/mol. The maximum atomic E-state index is 14.5. The second-order valence-corrected chi connectivity index (χ2v) is 5.13. The zero-order chi connectivity index (χ0) is 14.8. The third-order valence-electron chi connectivity index (χ3n) is 3.47. The van der Waals surface area contributed by atoms with Gasteiger partial charge >= 0.3 is 0 Å². The van der Waals surface area contributed by atoms with Gasteiger partial charge in [0.15, 0.2) is 0 Å². The maximum Gasteiger partial charge on any atom is 0.221 e. The van der Waals surface area contributed by atoms with E-state index in [1.54, 1.807) is 36.4 Å². The first kappa shape index (κ1) is 16.4. The number of carbonyl (C=O) groups is 1. The third-order valence-corrected chi connectivity index (χ3v) is 3.47. The highest BCUT2D eigenvalue weighted by Crippen LogP contribution is 2.30. The van der Waals surface area contributed by atoms with Gasteiger partial charge in [-0.05, 0) is 6.42 Å². The Hall–Kier alpha value is -1.69. The van der Waals surface area contributed by atoms with Gasteiger partial charge in [-0.15, -0.1) is 0 Å². The number of benzene rings is 1. The highest BCUT2D eigenvalue weighted by Gasteiger charge is 2.32. The van der Waals surface area contributed by atoms with Crippen LogP contribution in [0.5, 0.6) is 0 Å². The van der Waals surface area contributed by atoms with Crippen LogP contribution in [0.4, 0.5) is 4.39 Å². The van der Waals surface area contributed by atoms with Crippen molar-refractivity contribution in [1.29, 1.82) is 5.26 Å². The largest absolute Gasteiger partial charge is 0.300 e. The fraction of sp³-hybridized carbons (Fsp3) is 0.529. The number of Topliss-reactive ketones (excluding diaryl/α,β-unsaturated/α-hetero) is 1. The molecule has 0 saturated carbocycles. The lowest BCUT2D eigenvalue weighted by Crippen LogP contribution is -2.19. The van der Waals surface area contributed by atoms with Crippen molar-refractivity contribution >= 4 is 5.78 Å². The van der Waals surface area contributed by atoms with Gasteiger partial charge in [-0.2, -0.15) is 5.26 Å². The zero-order valence-electron chi connectivity index (χ0n) is 12.1. The lowest BCUT2D eigenvalue weighted by atomic mass is 9.91. The van der Waals surface area contributed by atoms with E-state index in [9.17, 15) is 9.18 Å². The quantitative estimate of drug-likeness (QED) is 0.613. The average Bonchev–Trinajstić information content (AvgIpc) is 2.50. The molecule has 108 valence electrons.